The number of nitrogens with zero attached hydrogens (tertiary/aromatic N) is 11. The standard InChI is InChI=1S/C27H36N6O.C24H27N5O2.C2H6/c1-5-33-19(2)16-24(20(33)3)27(34)32-10-8-21(9-11-32)26-23-7-6-22(17-25(23)28-18-29-26)31-14-12-30(4)13-15-31;1-3-16-12-19-23(25-14-16)22(27-15-26-19)17-6-8-29(9-7-17)24(30)18-4-5-20-21(13-18)31-11-10-28(20)2;1-2/h6-7,16-18,21H,5,8-15H2,1-4H3;4-5,12-15,17H,3,6-11H2,1-2H3;1-2H3. The third-order valence-electron chi connectivity index (χ3n) is 14.2. The second-order valence-electron chi connectivity index (χ2n) is 18.2. The molecule has 14 nitrogen and oxygen atoms in total. The Labute approximate surface area is 396 Å². The molecule has 0 saturated carbocycles. The molecule has 0 unspecified atom stereocenters. The van der Waals surface area contributed by atoms with Crippen molar-refractivity contribution in [2.24, 2.45) is 0 Å². The Bertz CT molecular complexity index is 2680. The first-order chi connectivity index (χ1) is 32.6. The second-order valence-corrected chi connectivity index (χ2v) is 18.2. The highest BCUT2D eigenvalue weighted by Crippen LogP contribution is 2.36. The number of benzene rings is 2. The first-order valence-corrected chi connectivity index (χ1v) is 24.6. The smallest absolute Gasteiger partial charge is 0.255 e. The van der Waals surface area contributed by atoms with Crippen LogP contribution < -0.4 is 14.5 Å². The summed E-state index contributed by atoms with van der Waals surface area (Å²) >= 11 is 0. The molecule has 4 aliphatic heterocycles. The van der Waals surface area contributed by atoms with E-state index in [1.807, 2.05) is 61.2 Å². The minimum absolute atomic E-state index is 0.0661. The van der Waals surface area contributed by atoms with Crippen molar-refractivity contribution in [3.63, 3.8) is 0 Å². The molecule has 4 aliphatic rings. The summed E-state index contributed by atoms with van der Waals surface area (Å²) in [6.07, 6.45) is 9.83. The van der Waals surface area contributed by atoms with Crippen LogP contribution in [0.2, 0.25) is 0 Å². The number of aromatic nitrogens is 6. The summed E-state index contributed by atoms with van der Waals surface area (Å²) in [6.45, 7) is 22.0. The lowest BCUT2D eigenvalue weighted by Crippen LogP contribution is -2.44. The lowest BCUT2D eigenvalue weighted by molar-refractivity contribution is 0.0704. The van der Waals surface area contributed by atoms with E-state index in [1.165, 1.54) is 11.3 Å². The number of fused-ring (bicyclic) bond motifs is 3. The van der Waals surface area contributed by atoms with E-state index in [4.69, 9.17) is 9.72 Å². The summed E-state index contributed by atoms with van der Waals surface area (Å²) in [6, 6.07) is 16.6. The molecule has 0 N–H and O–H groups in total. The van der Waals surface area contributed by atoms with Gasteiger partial charge in [0.25, 0.3) is 11.8 Å². The van der Waals surface area contributed by atoms with Crippen LogP contribution in [-0.2, 0) is 13.0 Å². The van der Waals surface area contributed by atoms with Crippen LogP contribution in [0, 0.1) is 13.8 Å². The highest BCUT2D eigenvalue weighted by atomic mass is 16.5. The fraction of sp³-hybridized carbons (Fsp3) is 0.491. The molecule has 8 heterocycles. The molecule has 14 heteroatoms. The van der Waals surface area contributed by atoms with E-state index in [0.29, 0.717) is 31.2 Å². The molecule has 6 aromatic rings. The molecule has 10 rings (SSSR count). The molecule has 354 valence electrons. The molecule has 67 heavy (non-hydrogen) atoms. The second kappa shape index (κ2) is 21.2. The van der Waals surface area contributed by atoms with Crippen LogP contribution in [0.3, 0.4) is 0 Å². The molecule has 3 saturated heterocycles. The number of likely N-dealkylation sites (tertiary alicyclic amines) is 2. The van der Waals surface area contributed by atoms with Gasteiger partial charge in [0.05, 0.1) is 40.2 Å². The maximum absolute atomic E-state index is 13.2. The number of piperazine rings is 1. The number of likely N-dealkylation sites (N-methyl/N-ethyl adjacent to an activating group) is 2. The van der Waals surface area contributed by atoms with Gasteiger partial charge in [0, 0.05) is 112 Å². The van der Waals surface area contributed by atoms with Crippen LogP contribution in [0.1, 0.15) is 114 Å². The Morgan fingerprint density at radius 2 is 1.34 bits per heavy atom. The van der Waals surface area contributed by atoms with Crippen LogP contribution in [0.15, 0.2) is 67.4 Å². The highest BCUT2D eigenvalue weighted by molar-refractivity contribution is 5.96. The van der Waals surface area contributed by atoms with Crippen molar-refractivity contribution in [3.8, 4) is 5.75 Å². The number of carbonyl (C=O) groups is 2. The third kappa shape index (κ3) is 10.1. The molecule has 2 aromatic carbocycles. The minimum Gasteiger partial charge on any atom is -0.490 e. The summed E-state index contributed by atoms with van der Waals surface area (Å²) in [5, 5.41) is 1.15. The average molecular weight is 908 g/mol. The van der Waals surface area contributed by atoms with E-state index in [9.17, 15) is 9.59 Å². The molecule has 3 fully saturated rings. The fourth-order valence-electron chi connectivity index (χ4n) is 10.2. The maximum Gasteiger partial charge on any atom is 0.255 e. The van der Waals surface area contributed by atoms with Crippen molar-refractivity contribution in [1.82, 2.24) is 44.2 Å². The molecule has 0 atom stereocenters. The van der Waals surface area contributed by atoms with Crippen molar-refractivity contribution in [2.75, 3.05) is 89.4 Å². The molecule has 0 aliphatic carbocycles. The minimum atomic E-state index is 0.0661. The summed E-state index contributed by atoms with van der Waals surface area (Å²) in [5.41, 5.74) is 12.2. The molecular formula is C53H69N11O3. The topological polar surface area (TPSA) is 129 Å². The lowest BCUT2D eigenvalue weighted by Gasteiger charge is -2.34. The van der Waals surface area contributed by atoms with E-state index in [0.717, 1.165) is 146 Å². The van der Waals surface area contributed by atoms with Gasteiger partial charge in [0.1, 0.15) is 30.5 Å². The maximum atomic E-state index is 13.2. The Morgan fingerprint density at radius 1 is 0.687 bits per heavy atom. The van der Waals surface area contributed by atoms with E-state index in [1.54, 1.807) is 12.7 Å². The fourth-order valence-corrected chi connectivity index (χ4v) is 10.2. The van der Waals surface area contributed by atoms with Crippen LogP contribution in [0.25, 0.3) is 21.9 Å². The van der Waals surface area contributed by atoms with Crippen LogP contribution in [0.5, 0.6) is 5.75 Å². The number of carbonyl (C=O) groups excluding carboxylic acids is 2. The lowest BCUT2D eigenvalue weighted by atomic mass is 9.90. The number of hydrogen-bond donors (Lipinski definition) is 0. The first-order valence-electron chi connectivity index (χ1n) is 24.6. The molecule has 0 bridgehead atoms. The average Bonchev–Trinajstić information content (AvgIpc) is 3.67. The Balaban J connectivity index is 0.000000176. The SMILES string of the molecule is CC.CCc1cnc2c(C3CCN(C(=O)c4ccc5c(c4)OCCN5C)CC3)ncnc2c1.CCn1c(C)cc(C(=O)N2CCC(c3ncnc4cc(N5CCN(C)CC5)ccc34)CC2)c1C. The van der Waals surface area contributed by atoms with Gasteiger partial charge in [-0.15, -0.1) is 0 Å². The van der Waals surface area contributed by atoms with Crippen molar-refractivity contribution in [1.29, 1.82) is 0 Å². The molecule has 0 spiro atoms. The largest absolute Gasteiger partial charge is 0.490 e. The highest BCUT2D eigenvalue weighted by Gasteiger charge is 2.30. The number of anilines is 2. The zero-order chi connectivity index (χ0) is 47.2. The zero-order valence-corrected chi connectivity index (χ0v) is 41.0. The normalized spacial score (nSPS) is 17.1. The van der Waals surface area contributed by atoms with Crippen LogP contribution in [0.4, 0.5) is 11.4 Å². The number of aryl methyl sites for hydroxylation is 2. The molecule has 4 aromatic heterocycles. The van der Waals surface area contributed by atoms with Gasteiger partial charge < -0.3 is 33.8 Å². The van der Waals surface area contributed by atoms with Gasteiger partial charge in [-0.2, -0.15) is 0 Å². The Hall–Kier alpha value is -6.15. The number of amides is 2. The van der Waals surface area contributed by atoms with Gasteiger partial charge in [-0.25, -0.2) is 19.9 Å². The monoisotopic (exact) mass is 908 g/mol. The summed E-state index contributed by atoms with van der Waals surface area (Å²) in [4.78, 5) is 60.2. The van der Waals surface area contributed by atoms with Gasteiger partial charge in [0.15, 0.2) is 0 Å². The summed E-state index contributed by atoms with van der Waals surface area (Å²) in [7, 11) is 4.22. The summed E-state index contributed by atoms with van der Waals surface area (Å²) in [5.74, 6) is 1.66. The Kier molecular flexibility index (Phi) is 15.0. The van der Waals surface area contributed by atoms with E-state index in [2.05, 4.69) is 98.2 Å². The van der Waals surface area contributed by atoms with E-state index in [-0.39, 0.29) is 17.7 Å². The third-order valence-corrected chi connectivity index (χ3v) is 14.2. The van der Waals surface area contributed by atoms with Gasteiger partial charge in [-0.1, -0.05) is 20.8 Å². The van der Waals surface area contributed by atoms with Crippen molar-refractivity contribution in [2.45, 2.75) is 92.0 Å². The quantitative estimate of drug-likeness (QED) is 0.154. The summed E-state index contributed by atoms with van der Waals surface area (Å²) < 4.78 is 7.98. The number of ether oxygens (including phenoxy) is 1. The van der Waals surface area contributed by atoms with Gasteiger partial charge in [-0.05, 0) is 114 Å². The number of pyridine rings is 1. The first kappa shape index (κ1) is 47.3. The van der Waals surface area contributed by atoms with Crippen molar-refractivity contribution < 1.29 is 14.3 Å². The van der Waals surface area contributed by atoms with Gasteiger partial charge in [-0.3, -0.25) is 14.6 Å². The predicted octanol–water partition coefficient (Wildman–Crippen LogP) is 8.30. The van der Waals surface area contributed by atoms with E-state index < -0.39 is 0 Å². The van der Waals surface area contributed by atoms with Crippen molar-refractivity contribution in [3.05, 3.63) is 107 Å². The van der Waals surface area contributed by atoms with Gasteiger partial charge in [0.2, 0.25) is 0 Å². The zero-order valence-electron chi connectivity index (χ0n) is 41.0. The number of hydrogen-bond acceptors (Lipinski definition) is 11. The molecule has 2 amide bonds. The predicted molar refractivity (Wildman–Crippen MR) is 268 cm³/mol. The van der Waals surface area contributed by atoms with Crippen LogP contribution in [-0.4, -0.2) is 136 Å². The molecule has 0 radical (unpaired) electrons. The molecular weight excluding hydrogens is 839 g/mol. The number of piperidine rings is 2. The van der Waals surface area contributed by atoms with Crippen LogP contribution >= 0.6 is 0 Å². The van der Waals surface area contributed by atoms with E-state index >= 15 is 0 Å². The number of rotatable bonds is 7. The Morgan fingerprint density at radius 3 is 2.01 bits per heavy atom. The van der Waals surface area contributed by atoms with Gasteiger partial charge >= 0.3 is 0 Å². The van der Waals surface area contributed by atoms with Crippen molar-refractivity contribution >= 4 is 45.1 Å².